The molecular formula is C15H20N2O. The van der Waals surface area contributed by atoms with Gasteiger partial charge in [0.15, 0.2) is 0 Å². The van der Waals surface area contributed by atoms with Crippen LogP contribution < -0.4 is 10.2 Å². The highest BCUT2D eigenvalue weighted by Gasteiger charge is 2.00. The van der Waals surface area contributed by atoms with Gasteiger partial charge >= 0.3 is 0 Å². The van der Waals surface area contributed by atoms with Gasteiger partial charge in [-0.05, 0) is 31.2 Å². The molecule has 2 aromatic rings. The normalized spacial score (nSPS) is 10.6. The van der Waals surface area contributed by atoms with Gasteiger partial charge in [0.05, 0.1) is 6.54 Å². The minimum Gasteiger partial charge on any atom is -0.465 e. The number of nitrogens with zero attached hydrogens (tertiary/aromatic N) is 1. The first kappa shape index (κ1) is 12.7. The molecular weight excluding hydrogens is 224 g/mol. The number of furan rings is 1. The average Bonchev–Trinajstić information content (AvgIpc) is 2.81. The van der Waals surface area contributed by atoms with Gasteiger partial charge in [-0.1, -0.05) is 18.2 Å². The Labute approximate surface area is 108 Å². The number of hydrogen-bond acceptors (Lipinski definition) is 3. The molecule has 0 aliphatic rings. The van der Waals surface area contributed by atoms with Crippen LogP contribution in [0.25, 0.3) is 0 Å². The monoisotopic (exact) mass is 244 g/mol. The Balaban J connectivity index is 1.69. The molecule has 0 fully saturated rings. The molecule has 0 amide bonds. The van der Waals surface area contributed by atoms with E-state index in [4.69, 9.17) is 4.42 Å². The van der Waals surface area contributed by atoms with Crippen LogP contribution in [-0.4, -0.2) is 20.1 Å². The molecule has 0 saturated carbocycles. The van der Waals surface area contributed by atoms with E-state index >= 15 is 0 Å². The van der Waals surface area contributed by atoms with Gasteiger partial charge in [0, 0.05) is 25.8 Å². The van der Waals surface area contributed by atoms with Crippen LogP contribution in [0.3, 0.4) is 0 Å². The first-order chi connectivity index (χ1) is 8.75. The van der Waals surface area contributed by atoms with Crippen LogP contribution in [0.5, 0.6) is 0 Å². The topological polar surface area (TPSA) is 28.4 Å². The molecule has 18 heavy (non-hydrogen) atoms. The summed E-state index contributed by atoms with van der Waals surface area (Å²) in [6.45, 7) is 4.66. The van der Waals surface area contributed by atoms with E-state index in [0.29, 0.717) is 0 Å². The molecule has 0 saturated heterocycles. The highest BCUT2D eigenvalue weighted by Crippen LogP contribution is 2.10. The maximum atomic E-state index is 5.50. The first-order valence-corrected chi connectivity index (χ1v) is 6.28. The molecule has 2 rings (SSSR count). The van der Waals surface area contributed by atoms with E-state index < -0.39 is 0 Å². The fourth-order valence-corrected chi connectivity index (χ4v) is 1.85. The van der Waals surface area contributed by atoms with E-state index in [1.54, 1.807) is 0 Å². The molecule has 3 heteroatoms. The summed E-state index contributed by atoms with van der Waals surface area (Å²) in [7, 11) is 2.11. The number of hydrogen-bond donors (Lipinski definition) is 1. The summed E-state index contributed by atoms with van der Waals surface area (Å²) < 4.78 is 5.50. The second-order valence-electron chi connectivity index (χ2n) is 4.45. The number of benzene rings is 1. The van der Waals surface area contributed by atoms with Gasteiger partial charge in [-0.2, -0.15) is 0 Å². The molecule has 0 bridgehead atoms. The fraction of sp³-hybridized carbons (Fsp3) is 0.333. The van der Waals surface area contributed by atoms with Gasteiger partial charge in [0.2, 0.25) is 0 Å². The maximum Gasteiger partial charge on any atom is 0.117 e. The highest BCUT2D eigenvalue weighted by atomic mass is 16.3. The van der Waals surface area contributed by atoms with Crippen LogP contribution >= 0.6 is 0 Å². The molecule has 0 aliphatic heterocycles. The third-order valence-corrected chi connectivity index (χ3v) is 2.92. The van der Waals surface area contributed by atoms with Crippen LogP contribution in [-0.2, 0) is 6.54 Å². The van der Waals surface area contributed by atoms with Gasteiger partial charge in [-0.3, -0.25) is 0 Å². The van der Waals surface area contributed by atoms with E-state index in [2.05, 4.69) is 41.5 Å². The second-order valence-corrected chi connectivity index (χ2v) is 4.45. The molecule has 1 heterocycles. The van der Waals surface area contributed by atoms with E-state index in [1.807, 2.05) is 25.1 Å². The number of rotatable bonds is 6. The van der Waals surface area contributed by atoms with Crippen molar-refractivity contribution in [2.45, 2.75) is 13.5 Å². The number of nitrogens with one attached hydrogen (secondary N) is 1. The predicted octanol–water partition coefficient (Wildman–Crippen LogP) is 2.81. The van der Waals surface area contributed by atoms with Crippen LogP contribution in [0.4, 0.5) is 5.69 Å². The lowest BCUT2D eigenvalue weighted by Crippen LogP contribution is -2.28. The Hall–Kier alpha value is -1.74. The largest absolute Gasteiger partial charge is 0.465 e. The molecule has 3 nitrogen and oxygen atoms in total. The van der Waals surface area contributed by atoms with E-state index in [0.717, 1.165) is 31.2 Å². The molecule has 1 aromatic heterocycles. The van der Waals surface area contributed by atoms with Gasteiger partial charge in [0.25, 0.3) is 0 Å². The Morgan fingerprint density at radius 3 is 2.56 bits per heavy atom. The zero-order valence-corrected chi connectivity index (χ0v) is 11.0. The summed E-state index contributed by atoms with van der Waals surface area (Å²) in [4.78, 5) is 2.24. The van der Waals surface area contributed by atoms with Gasteiger partial charge in [-0.25, -0.2) is 0 Å². The van der Waals surface area contributed by atoms with Crippen molar-refractivity contribution in [3.8, 4) is 0 Å². The highest BCUT2D eigenvalue weighted by molar-refractivity contribution is 5.44. The lowest BCUT2D eigenvalue weighted by atomic mass is 10.3. The van der Waals surface area contributed by atoms with Crippen molar-refractivity contribution in [3.05, 3.63) is 54.0 Å². The summed E-state index contributed by atoms with van der Waals surface area (Å²) in [6.07, 6.45) is 0. The summed E-state index contributed by atoms with van der Waals surface area (Å²) in [5, 5.41) is 3.38. The van der Waals surface area contributed by atoms with Crippen molar-refractivity contribution in [3.63, 3.8) is 0 Å². The van der Waals surface area contributed by atoms with Gasteiger partial charge in [0.1, 0.15) is 11.5 Å². The molecule has 0 aliphatic carbocycles. The van der Waals surface area contributed by atoms with Crippen molar-refractivity contribution in [1.82, 2.24) is 5.32 Å². The Morgan fingerprint density at radius 2 is 1.89 bits per heavy atom. The molecule has 0 radical (unpaired) electrons. The first-order valence-electron chi connectivity index (χ1n) is 6.28. The summed E-state index contributed by atoms with van der Waals surface area (Å²) in [5.41, 5.74) is 1.24. The van der Waals surface area contributed by atoms with Crippen LogP contribution in [0, 0.1) is 6.92 Å². The molecule has 0 unspecified atom stereocenters. The quantitative estimate of drug-likeness (QED) is 0.792. The van der Waals surface area contributed by atoms with Crippen molar-refractivity contribution in [2.75, 3.05) is 25.0 Å². The van der Waals surface area contributed by atoms with Crippen molar-refractivity contribution in [1.29, 1.82) is 0 Å². The molecule has 0 spiro atoms. The number of likely N-dealkylation sites (N-methyl/N-ethyl adjacent to an activating group) is 1. The Bertz CT molecular complexity index is 464. The molecule has 1 N–H and O–H groups in total. The summed E-state index contributed by atoms with van der Waals surface area (Å²) in [6, 6.07) is 14.4. The third-order valence-electron chi connectivity index (χ3n) is 2.92. The summed E-state index contributed by atoms with van der Waals surface area (Å²) >= 11 is 0. The predicted molar refractivity (Wildman–Crippen MR) is 74.9 cm³/mol. The van der Waals surface area contributed by atoms with E-state index in [-0.39, 0.29) is 0 Å². The zero-order valence-electron chi connectivity index (χ0n) is 11.0. The Morgan fingerprint density at radius 1 is 1.11 bits per heavy atom. The fourth-order valence-electron chi connectivity index (χ4n) is 1.85. The van der Waals surface area contributed by atoms with E-state index in [9.17, 15) is 0 Å². The second kappa shape index (κ2) is 6.26. The minimum atomic E-state index is 0.788. The van der Waals surface area contributed by atoms with E-state index in [1.165, 1.54) is 5.69 Å². The van der Waals surface area contributed by atoms with Crippen LogP contribution in [0.15, 0.2) is 46.9 Å². The maximum absolute atomic E-state index is 5.50. The van der Waals surface area contributed by atoms with Gasteiger partial charge < -0.3 is 14.6 Å². The Kier molecular flexibility index (Phi) is 4.42. The van der Waals surface area contributed by atoms with Crippen molar-refractivity contribution < 1.29 is 4.42 Å². The lowest BCUT2D eigenvalue weighted by molar-refractivity contribution is 0.463. The van der Waals surface area contributed by atoms with Crippen LogP contribution in [0.2, 0.25) is 0 Å². The number of anilines is 1. The number of para-hydroxylation sites is 1. The average molecular weight is 244 g/mol. The summed E-state index contributed by atoms with van der Waals surface area (Å²) in [5.74, 6) is 1.96. The third kappa shape index (κ3) is 3.64. The van der Waals surface area contributed by atoms with Crippen molar-refractivity contribution >= 4 is 5.69 Å². The number of aryl methyl sites for hydroxylation is 1. The standard InChI is InChI=1S/C15H20N2O/c1-13-8-9-15(18-13)12-16-10-11-17(2)14-6-4-3-5-7-14/h3-9,16H,10-12H2,1-2H3. The van der Waals surface area contributed by atoms with Crippen LogP contribution in [0.1, 0.15) is 11.5 Å². The lowest BCUT2D eigenvalue weighted by Gasteiger charge is -2.19. The SMILES string of the molecule is Cc1ccc(CNCCN(C)c2ccccc2)o1. The molecule has 1 aromatic carbocycles. The van der Waals surface area contributed by atoms with Gasteiger partial charge in [-0.15, -0.1) is 0 Å². The minimum absolute atomic E-state index is 0.788. The van der Waals surface area contributed by atoms with Crippen molar-refractivity contribution in [2.24, 2.45) is 0 Å². The molecule has 0 atom stereocenters. The smallest absolute Gasteiger partial charge is 0.117 e. The zero-order chi connectivity index (χ0) is 12.8. The molecule has 96 valence electrons.